The van der Waals surface area contributed by atoms with Crippen LogP contribution in [0.1, 0.15) is 54.0 Å². The number of benzene rings is 2. The maximum atomic E-state index is 13.3. The Kier molecular flexibility index (Phi) is 5.62. The molecule has 2 aromatic rings. The van der Waals surface area contributed by atoms with Gasteiger partial charge in [0.1, 0.15) is 0 Å². The zero-order valence-electron chi connectivity index (χ0n) is 23.4. The Morgan fingerprint density at radius 2 is 1.61 bits per heavy atom. The SMILES string of the molecule is CC(=O)N1N=C(c2ccccc2)[C@@H]2[C@@H]3C=CC=C[C@]34C(=C(C(C)(C)C)O[Si@@]4(c3ccccc3)C(C)(C)C)[P@]21. The van der Waals surface area contributed by atoms with Crippen molar-refractivity contribution in [3.8, 4) is 0 Å². The Hall–Kier alpha value is -2.75. The second-order valence-corrected chi connectivity index (χ2v) is 19.5. The molecule has 1 spiro atoms. The lowest BCUT2D eigenvalue weighted by Crippen LogP contribution is -2.65. The highest BCUT2D eigenvalue weighted by Crippen LogP contribution is 2.85. The first-order valence-corrected chi connectivity index (χ1v) is 16.8. The van der Waals surface area contributed by atoms with Crippen LogP contribution in [-0.4, -0.2) is 30.4 Å². The topological polar surface area (TPSA) is 41.9 Å². The summed E-state index contributed by atoms with van der Waals surface area (Å²) in [5.41, 5.74) is 2.04. The zero-order valence-corrected chi connectivity index (χ0v) is 25.3. The summed E-state index contributed by atoms with van der Waals surface area (Å²) in [6, 6.07) is 21.4. The van der Waals surface area contributed by atoms with E-state index in [1.165, 1.54) is 10.5 Å². The second kappa shape index (κ2) is 8.37. The molecule has 0 N–H and O–H groups in total. The highest BCUT2D eigenvalue weighted by molar-refractivity contribution is 7.64. The van der Waals surface area contributed by atoms with Crippen molar-refractivity contribution in [3.05, 3.63) is 102 Å². The molecule has 4 nitrogen and oxygen atoms in total. The fourth-order valence-electron chi connectivity index (χ4n) is 7.28. The van der Waals surface area contributed by atoms with Crippen LogP contribution in [0.15, 0.2) is 101 Å². The lowest BCUT2D eigenvalue weighted by Gasteiger charge is -2.51. The van der Waals surface area contributed by atoms with Gasteiger partial charge in [-0.1, -0.05) is 127 Å². The molecule has 5 atom stereocenters. The van der Waals surface area contributed by atoms with Gasteiger partial charge in [0.05, 0.1) is 30.2 Å². The van der Waals surface area contributed by atoms with Gasteiger partial charge in [0.2, 0.25) is 5.91 Å². The van der Waals surface area contributed by atoms with E-state index < -0.39 is 16.4 Å². The molecule has 1 saturated heterocycles. The fraction of sp³-hybridized carbons (Fsp3) is 0.375. The maximum Gasteiger partial charge on any atom is 0.302 e. The van der Waals surface area contributed by atoms with E-state index in [1.54, 1.807) is 6.92 Å². The molecular weight excluding hydrogens is 503 g/mol. The molecule has 0 aromatic heterocycles. The number of rotatable bonds is 2. The second-order valence-electron chi connectivity index (χ2n) is 12.9. The molecule has 2 aromatic carbocycles. The molecule has 6 rings (SSSR count). The summed E-state index contributed by atoms with van der Waals surface area (Å²) in [6.07, 6.45) is 9.31. The van der Waals surface area contributed by atoms with Crippen molar-refractivity contribution >= 4 is 33.2 Å². The predicted octanol–water partition coefficient (Wildman–Crippen LogP) is 7.46. The summed E-state index contributed by atoms with van der Waals surface area (Å²) in [6.45, 7) is 15.5. The molecule has 6 heteroatoms. The fourth-order valence-corrected chi connectivity index (χ4v) is 17.8. The van der Waals surface area contributed by atoms with E-state index in [9.17, 15) is 4.79 Å². The standard InChI is InChI=1S/C32H37N2O2PSi/c1-22(35)34-33-26(23-16-10-8-11-17-23)27-25-20-14-15-21-32(25)29(37(27)34)28(30(2,3)4)36-38(32,31(5,6)7)24-18-12-9-13-19-24/h8-21,25,27H,1-7H3/t25-,27-,32+,37-,38-/m0/s1. The highest BCUT2D eigenvalue weighted by Gasteiger charge is 2.79. The number of hydrazone groups is 1. The van der Waals surface area contributed by atoms with Crippen molar-refractivity contribution < 1.29 is 9.22 Å². The minimum atomic E-state index is -2.85. The Labute approximate surface area is 229 Å². The molecule has 0 unspecified atom stereocenters. The lowest BCUT2D eigenvalue weighted by atomic mass is 9.80. The summed E-state index contributed by atoms with van der Waals surface area (Å²) in [4.78, 5) is 13.3. The number of carbonyl (C=O) groups is 1. The predicted molar refractivity (Wildman–Crippen MR) is 160 cm³/mol. The number of hydrogen-bond donors (Lipinski definition) is 0. The minimum Gasteiger partial charge on any atom is -0.540 e. The Morgan fingerprint density at radius 1 is 0.974 bits per heavy atom. The van der Waals surface area contributed by atoms with E-state index in [1.807, 2.05) is 10.8 Å². The van der Waals surface area contributed by atoms with Gasteiger partial charge in [0.25, 0.3) is 0 Å². The van der Waals surface area contributed by atoms with Crippen molar-refractivity contribution in [2.75, 3.05) is 0 Å². The zero-order chi connectivity index (χ0) is 27.1. The average Bonchev–Trinajstić information content (AvgIpc) is 3.48. The largest absolute Gasteiger partial charge is 0.540 e. The molecule has 4 aliphatic rings. The molecule has 1 aliphatic carbocycles. The van der Waals surface area contributed by atoms with E-state index in [4.69, 9.17) is 9.53 Å². The van der Waals surface area contributed by atoms with Crippen molar-refractivity contribution in [3.63, 3.8) is 0 Å². The molecule has 0 saturated carbocycles. The quantitative estimate of drug-likeness (QED) is 0.293. The van der Waals surface area contributed by atoms with Crippen LogP contribution in [0, 0.1) is 11.3 Å². The highest BCUT2D eigenvalue weighted by atomic mass is 31.1. The van der Waals surface area contributed by atoms with Gasteiger partial charge in [0, 0.05) is 23.6 Å². The van der Waals surface area contributed by atoms with Crippen LogP contribution >= 0.6 is 8.07 Å². The third-order valence-electron chi connectivity index (χ3n) is 8.55. The summed E-state index contributed by atoms with van der Waals surface area (Å²) < 4.78 is 9.47. The summed E-state index contributed by atoms with van der Waals surface area (Å²) in [7, 11) is -3.94. The first kappa shape index (κ1) is 25.5. The lowest BCUT2D eigenvalue weighted by molar-refractivity contribution is -0.124. The van der Waals surface area contributed by atoms with Crippen LogP contribution in [0.25, 0.3) is 0 Å². The number of fused-ring (bicyclic) bond motifs is 3. The van der Waals surface area contributed by atoms with Gasteiger partial charge in [-0.3, -0.25) is 4.79 Å². The molecule has 196 valence electrons. The van der Waals surface area contributed by atoms with Crippen molar-refractivity contribution in [1.29, 1.82) is 0 Å². The molecule has 38 heavy (non-hydrogen) atoms. The minimum absolute atomic E-state index is 0.00388. The van der Waals surface area contributed by atoms with Gasteiger partial charge in [-0.15, -0.1) is 0 Å². The molecule has 3 aliphatic heterocycles. The summed E-state index contributed by atoms with van der Waals surface area (Å²) >= 11 is 0. The number of carbonyl (C=O) groups excluding carboxylic acids is 1. The Balaban J connectivity index is 1.72. The van der Waals surface area contributed by atoms with Crippen molar-refractivity contribution in [2.45, 2.75) is 64.2 Å². The third-order valence-corrected chi connectivity index (χ3v) is 17.3. The van der Waals surface area contributed by atoms with Crippen LogP contribution in [0.2, 0.25) is 10.1 Å². The molecular formula is C32H37N2O2PSi. The van der Waals surface area contributed by atoms with E-state index in [0.717, 1.165) is 17.0 Å². The smallest absolute Gasteiger partial charge is 0.302 e. The van der Waals surface area contributed by atoms with E-state index >= 15 is 0 Å². The van der Waals surface area contributed by atoms with Crippen LogP contribution < -0.4 is 5.19 Å². The van der Waals surface area contributed by atoms with Crippen molar-refractivity contribution in [2.24, 2.45) is 16.4 Å². The number of nitrogens with zero attached hydrogens (tertiary/aromatic N) is 2. The molecule has 3 heterocycles. The maximum absolute atomic E-state index is 13.3. The van der Waals surface area contributed by atoms with Gasteiger partial charge in [0.15, 0.2) is 0 Å². The first-order valence-electron chi connectivity index (χ1n) is 13.5. The Bertz CT molecular complexity index is 1420. The first-order chi connectivity index (χ1) is 17.9. The Morgan fingerprint density at radius 3 is 2.18 bits per heavy atom. The average molecular weight is 541 g/mol. The van der Waals surface area contributed by atoms with Gasteiger partial charge in [-0.25, -0.2) is 4.78 Å². The number of hydrogen-bond acceptors (Lipinski definition) is 3. The number of allylic oxidation sites excluding steroid dienone is 6. The molecule has 0 radical (unpaired) electrons. The summed E-state index contributed by atoms with van der Waals surface area (Å²) in [5.74, 6) is 1.24. The third kappa shape index (κ3) is 3.18. The molecule has 1 fully saturated rings. The van der Waals surface area contributed by atoms with Gasteiger partial charge in [-0.05, 0) is 15.8 Å². The summed E-state index contributed by atoms with van der Waals surface area (Å²) in [5, 5.41) is 7.30. The van der Waals surface area contributed by atoms with Gasteiger partial charge < -0.3 is 4.43 Å². The monoisotopic (exact) mass is 540 g/mol. The van der Waals surface area contributed by atoms with Crippen LogP contribution in [0.3, 0.4) is 0 Å². The molecule has 1 amide bonds. The van der Waals surface area contributed by atoms with Gasteiger partial charge >= 0.3 is 8.32 Å². The molecule has 0 bridgehead atoms. The van der Waals surface area contributed by atoms with Crippen molar-refractivity contribution in [1.82, 2.24) is 4.78 Å². The van der Waals surface area contributed by atoms with E-state index in [0.29, 0.717) is 0 Å². The number of amides is 1. The van der Waals surface area contributed by atoms with E-state index in [-0.39, 0.29) is 33.0 Å². The van der Waals surface area contributed by atoms with Crippen LogP contribution in [-0.2, 0) is 9.22 Å². The normalized spacial score (nSPS) is 31.6. The van der Waals surface area contributed by atoms with Crippen LogP contribution in [0.4, 0.5) is 0 Å². The van der Waals surface area contributed by atoms with Crippen LogP contribution in [0.5, 0.6) is 0 Å². The van der Waals surface area contributed by atoms with Gasteiger partial charge in [-0.2, -0.15) is 5.10 Å². The van der Waals surface area contributed by atoms with E-state index in [2.05, 4.69) is 120 Å².